The summed E-state index contributed by atoms with van der Waals surface area (Å²) < 4.78 is 6.85. The van der Waals surface area contributed by atoms with Crippen molar-refractivity contribution in [1.29, 1.82) is 0 Å². The molecular formula is C24H25N5O3. The van der Waals surface area contributed by atoms with Crippen molar-refractivity contribution in [2.24, 2.45) is 10.9 Å². The molecule has 1 saturated carbocycles. The van der Waals surface area contributed by atoms with E-state index in [0.29, 0.717) is 30.1 Å². The van der Waals surface area contributed by atoms with Crippen molar-refractivity contribution in [2.45, 2.75) is 37.8 Å². The molecule has 1 aromatic heterocycles. The Morgan fingerprint density at radius 2 is 1.78 bits per heavy atom. The highest BCUT2D eigenvalue weighted by Gasteiger charge is 2.38. The van der Waals surface area contributed by atoms with Gasteiger partial charge in [0, 0.05) is 23.3 Å². The number of carbonyl (C=O) groups is 1. The maximum atomic E-state index is 13.6. The number of hydrogen-bond donors (Lipinski definition) is 1. The summed E-state index contributed by atoms with van der Waals surface area (Å²) in [7, 11) is 1.60. The fourth-order valence-corrected chi connectivity index (χ4v) is 4.31. The Labute approximate surface area is 185 Å². The predicted octanol–water partition coefficient (Wildman–Crippen LogP) is 3.38. The Morgan fingerprint density at radius 3 is 2.41 bits per heavy atom. The highest BCUT2D eigenvalue weighted by Crippen LogP contribution is 2.36. The van der Waals surface area contributed by atoms with Crippen LogP contribution in [-0.4, -0.2) is 34.9 Å². The van der Waals surface area contributed by atoms with E-state index in [-0.39, 0.29) is 18.0 Å². The van der Waals surface area contributed by atoms with E-state index >= 15 is 0 Å². The first-order valence-electron chi connectivity index (χ1n) is 10.8. The van der Waals surface area contributed by atoms with Gasteiger partial charge in [-0.15, -0.1) is 0 Å². The molecule has 0 saturated heterocycles. The molecule has 1 aliphatic carbocycles. The lowest BCUT2D eigenvalue weighted by Crippen LogP contribution is -2.38. The van der Waals surface area contributed by atoms with Gasteiger partial charge in [-0.2, -0.15) is 10.0 Å². The first-order valence-corrected chi connectivity index (χ1v) is 10.8. The average Bonchev–Trinajstić information content (AvgIpc) is 3.42. The Balaban J connectivity index is 1.48. The molecule has 0 bridgehead atoms. The third-order valence-electron chi connectivity index (χ3n) is 6.33. The first kappa shape index (κ1) is 20.4. The maximum Gasteiger partial charge on any atom is 0.277 e. The minimum absolute atomic E-state index is 0.0504. The van der Waals surface area contributed by atoms with Crippen molar-refractivity contribution in [1.82, 2.24) is 9.78 Å². The van der Waals surface area contributed by atoms with Gasteiger partial charge in [0.15, 0.2) is 0 Å². The number of benzene rings is 2. The lowest BCUT2D eigenvalue weighted by atomic mass is 10.0. The van der Waals surface area contributed by atoms with E-state index in [9.17, 15) is 9.70 Å². The molecule has 1 amide bonds. The van der Waals surface area contributed by atoms with Crippen molar-refractivity contribution in [3.8, 4) is 11.4 Å². The lowest BCUT2D eigenvalue weighted by Gasteiger charge is -2.28. The zero-order valence-corrected chi connectivity index (χ0v) is 18.0. The number of ether oxygens (including phenoxy) is 1. The van der Waals surface area contributed by atoms with Crippen LogP contribution in [0.4, 0.5) is 5.69 Å². The standard InChI is InChI=1S/C24H25N5O3/c1-32-19-8-6-18(7-9-19)29-22-20(21(27-29)15-26-31)10-13-28(23(22)30)17-4-2-16(3-5-17)14-24(25)11-12-24/h2-9H,10-15,25H2,1H3. The summed E-state index contributed by atoms with van der Waals surface area (Å²) in [4.78, 5) is 26.3. The van der Waals surface area contributed by atoms with Gasteiger partial charge in [-0.3, -0.25) is 4.79 Å². The van der Waals surface area contributed by atoms with Crippen molar-refractivity contribution in [3.63, 3.8) is 0 Å². The van der Waals surface area contributed by atoms with Crippen LogP contribution in [-0.2, 0) is 19.4 Å². The van der Waals surface area contributed by atoms with Crippen LogP contribution in [0, 0.1) is 4.91 Å². The number of nitrogens with two attached hydrogens (primary N) is 1. The molecule has 1 fully saturated rings. The van der Waals surface area contributed by atoms with Gasteiger partial charge in [0.05, 0.1) is 18.5 Å². The second-order valence-electron chi connectivity index (χ2n) is 8.58. The van der Waals surface area contributed by atoms with Gasteiger partial charge < -0.3 is 15.4 Å². The molecule has 0 atom stereocenters. The molecule has 1 aliphatic heterocycles. The molecule has 8 nitrogen and oxygen atoms in total. The van der Waals surface area contributed by atoms with Gasteiger partial charge in [0.1, 0.15) is 18.0 Å². The smallest absolute Gasteiger partial charge is 0.277 e. The number of aromatic nitrogens is 2. The summed E-state index contributed by atoms with van der Waals surface area (Å²) >= 11 is 0. The number of carbonyl (C=O) groups excluding carboxylic acids is 1. The average molecular weight is 431 g/mol. The van der Waals surface area contributed by atoms with Crippen molar-refractivity contribution in [2.75, 3.05) is 18.6 Å². The van der Waals surface area contributed by atoms with E-state index in [1.807, 2.05) is 48.5 Å². The number of rotatable bonds is 7. The monoisotopic (exact) mass is 431 g/mol. The minimum atomic E-state index is -0.142. The van der Waals surface area contributed by atoms with Crippen LogP contribution in [0.15, 0.2) is 53.7 Å². The molecule has 3 aromatic rings. The molecular weight excluding hydrogens is 406 g/mol. The summed E-state index contributed by atoms with van der Waals surface area (Å²) in [5, 5.41) is 7.58. The van der Waals surface area contributed by atoms with Crippen LogP contribution in [0.1, 0.15) is 40.2 Å². The predicted molar refractivity (Wildman–Crippen MR) is 121 cm³/mol. The van der Waals surface area contributed by atoms with Crippen molar-refractivity contribution >= 4 is 11.6 Å². The summed E-state index contributed by atoms with van der Waals surface area (Å²) in [6, 6.07) is 15.4. The first-order chi connectivity index (χ1) is 15.5. The maximum absolute atomic E-state index is 13.6. The van der Waals surface area contributed by atoms with Crippen LogP contribution >= 0.6 is 0 Å². The molecule has 164 valence electrons. The summed E-state index contributed by atoms with van der Waals surface area (Å²) in [5.74, 6) is 0.569. The molecule has 32 heavy (non-hydrogen) atoms. The Kier molecular flexibility index (Phi) is 5.01. The molecule has 2 aromatic carbocycles. The third-order valence-corrected chi connectivity index (χ3v) is 6.33. The molecule has 8 heteroatoms. The van der Waals surface area contributed by atoms with Gasteiger partial charge in [0.2, 0.25) is 0 Å². The van der Waals surface area contributed by atoms with Crippen molar-refractivity contribution < 1.29 is 9.53 Å². The Hall–Kier alpha value is -3.52. The second kappa shape index (κ2) is 7.87. The fourth-order valence-electron chi connectivity index (χ4n) is 4.31. The topological polar surface area (TPSA) is 103 Å². The zero-order valence-electron chi connectivity index (χ0n) is 18.0. The lowest BCUT2D eigenvalue weighted by molar-refractivity contribution is 0.0973. The molecule has 2 heterocycles. The molecule has 2 aliphatic rings. The number of nitroso groups, excluding NO2 is 1. The summed E-state index contributed by atoms with van der Waals surface area (Å²) in [6.45, 7) is 0.459. The number of anilines is 1. The largest absolute Gasteiger partial charge is 0.497 e. The summed E-state index contributed by atoms with van der Waals surface area (Å²) in [5.41, 5.74) is 10.7. The third kappa shape index (κ3) is 3.67. The van der Waals surface area contributed by atoms with E-state index in [1.54, 1.807) is 16.7 Å². The zero-order chi connectivity index (χ0) is 22.3. The quantitative estimate of drug-likeness (QED) is 0.578. The van der Waals surface area contributed by atoms with Gasteiger partial charge in [0.25, 0.3) is 5.91 Å². The van der Waals surface area contributed by atoms with E-state index in [0.717, 1.165) is 36.2 Å². The minimum Gasteiger partial charge on any atom is -0.497 e. The molecule has 0 spiro atoms. The highest BCUT2D eigenvalue weighted by molar-refractivity contribution is 6.07. The van der Waals surface area contributed by atoms with Crippen LogP contribution in [0.2, 0.25) is 0 Å². The van der Waals surface area contributed by atoms with Crippen LogP contribution < -0.4 is 15.4 Å². The SMILES string of the molecule is COc1ccc(-n2nc(CN=O)c3c2C(=O)N(c2ccc(CC4(N)CC4)cc2)CC3)cc1. The highest BCUT2D eigenvalue weighted by atomic mass is 16.5. The molecule has 2 N–H and O–H groups in total. The Bertz CT molecular complexity index is 1160. The fraction of sp³-hybridized carbons (Fsp3) is 0.333. The van der Waals surface area contributed by atoms with Crippen LogP contribution in [0.5, 0.6) is 5.75 Å². The number of methoxy groups -OCH3 is 1. The van der Waals surface area contributed by atoms with Crippen LogP contribution in [0.3, 0.4) is 0 Å². The molecule has 0 radical (unpaired) electrons. The molecule has 5 rings (SSSR count). The van der Waals surface area contributed by atoms with Gasteiger partial charge >= 0.3 is 0 Å². The number of hydrogen-bond acceptors (Lipinski definition) is 6. The summed E-state index contributed by atoms with van der Waals surface area (Å²) in [6.07, 6.45) is 3.60. The van der Waals surface area contributed by atoms with Gasteiger partial charge in [-0.05, 0) is 67.6 Å². The second-order valence-corrected chi connectivity index (χ2v) is 8.58. The normalized spacial score (nSPS) is 16.6. The Morgan fingerprint density at radius 1 is 1.09 bits per heavy atom. The van der Waals surface area contributed by atoms with E-state index < -0.39 is 0 Å². The number of fused-ring (bicyclic) bond motifs is 1. The van der Waals surface area contributed by atoms with Crippen LogP contribution in [0.25, 0.3) is 5.69 Å². The van der Waals surface area contributed by atoms with E-state index in [2.05, 4.69) is 10.3 Å². The van der Waals surface area contributed by atoms with Gasteiger partial charge in [-0.25, -0.2) is 4.68 Å². The van der Waals surface area contributed by atoms with E-state index in [1.165, 1.54) is 5.56 Å². The number of amides is 1. The van der Waals surface area contributed by atoms with Crippen molar-refractivity contribution in [3.05, 3.63) is 76.0 Å². The molecule has 0 unspecified atom stereocenters. The van der Waals surface area contributed by atoms with E-state index in [4.69, 9.17) is 10.5 Å². The van der Waals surface area contributed by atoms with Gasteiger partial charge in [-0.1, -0.05) is 17.3 Å². The number of nitrogens with zero attached hydrogens (tertiary/aromatic N) is 4.